The summed E-state index contributed by atoms with van der Waals surface area (Å²) in [6.45, 7) is 1.74. The van der Waals surface area contributed by atoms with Crippen molar-refractivity contribution in [2.45, 2.75) is 13.0 Å². The lowest BCUT2D eigenvalue weighted by Crippen LogP contribution is -2.35. The SMILES string of the molecule is Cc1cnc(C(=O)NCC(O)COc2cccc(Cl)c2Cl)cn1. The van der Waals surface area contributed by atoms with Gasteiger partial charge in [-0.3, -0.25) is 9.78 Å². The van der Waals surface area contributed by atoms with Gasteiger partial charge in [-0.05, 0) is 19.1 Å². The Balaban J connectivity index is 1.81. The molecule has 122 valence electrons. The molecule has 1 atom stereocenters. The Labute approximate surface area is 143 Å². The molecule has 6 nitrogen and oxygen atoms in total. The molecule has 0 spiro atoms. The number of hydrogen-bond donors (Lipinski definition) is 2. The summed E-state index contributed by atoms with van der Waals surface area (Å²) in [6, 6.07) is 4.96. The number of nitrogens with zero attached hydrogens (tertiary/aromatic N) is 2. The molecule has 1 aromatic heterocycles. The van der Waals surface area contributed by atoms with Crippen molar-refractivity contribution in [1.29, 1.82) is 0 Å². The summed E-state index contributed by atoms with van der Waals surface area (Å²) in [4.78, 5) is 19.8. The third-order valence-electron chi connectivity index (χ3n) is 2.86. The summed E-state index contributed by atoms with van der Waals surface area (Å²) in [5, 5.41) is 13.1. The molecule has 8 heteroatoms. The van der Waals surface area contributed by atoms with Gasteiger partial charge in [0.15, 0.2) is 0 Å². The van der Waals surface area contributed by atoms with Crippen LogP contribution < -0.4 is 10.1 Å². The molecule has 0 radical (unpaired) electrons. The highest BCUT2D eigenvalue weighted by Gasteiger charge is 2.12. The van der Waals surface area contributed by atoms with E-state index in [9.17, 15) is 9.90 Å². The molecular formula is C15H15Cl2N3O3. The first kappa shape index (κ1) is 17.5. The van der Waals surface area contributed by atoms with E-state index in [-0.39, 0.29) is 23.9 Å². The minimum absolute atomic E-state index is 0.00652. The third kappa shape index (κ3) is 5.06. The topological polar surface area (TPSA) is 84.3 Å². The molecule has 0 saturated carbocycles. The second kappa shape index (κ2) is 8.10. The van der Waals surface area contributed by atoms with Gasteiger partial charge in [-0.2, -0.15) is 0 Å². The van der Waals surface area contributed by atoms with Crippen molar-refractivity contribution >= 4 is 29.1 Å². The van der Waals surface area contributed by atoms with Crippen molar-refractivity contribution in [2.24, 2.45) is 0 Å². The van der Waals surface area contributed by atoms with Gasteiger partial charge in [0.1, 0.15) is 29.2 Å². The summed E-state index contributed by atoms with van der Waals surface area (Å²) in [5.74, 6) is -0.0497. The fourth-order valence-corrected chi connectivity index (χ4v) is 2.00. The number of carbonyl (C=O) groups is 1. The lowest BCUT2D eigenvalue weighted by Gasteiger charge is -2.14. The molecule has 1 heterocycles. The van der Waals surface area contributed by atoms with Gasteiger partial charge in [-0.15, -0.1) is 0 Å². The van der Waals surface area contributed by atoms with Crippen LogP contribution in [0.1, 0.15) is 16.2 Å². The second-order valence-electron chi connectivity index (χ2n) is 4.77. The van der Waals surface area contributed by atoms with Crippen LogP contribution >= 0.6 is 23.2 Å². The molecule has 2 rings (SSSR count). The Morgan fingerprint density at radius 1 is 1.35 bits per heavy atom. The molecule has 0 aliphatic rings. The van der Waals surface area contributed by atoms with Crippen LogP contribution in [-0.2, 0) is 0 Å². The number of ether oxygens (including phenoxy) is 1. The van der Waals surface area contributed by atoms with Crippen molar-refractivity contribution in [3.63, 3.8) is 0 Å². The monoisotopic (exact) mass is 355 g/mol. The van der Waals surface area contributed by atoms with Gasteiger partial charge in [0.2, 0.25) is 0 Å². The largest absolute Gasteiger partial charge is 0.489 e. The number of benzene rings is 1. The van der Waals surface area contributed by atoms with E-state index in [1.165, 1.54) is 12.4 Å². The normalized spacial score (nSPS) is 11.8. The Morgan fingerprint density at radius 2 is 2.13 bits per heavy atom. The average molecular weight is 356 g/mol. The van der Waals surface area contributed by atoms with Crippen LogP contribution in [0.25, 0.3) is 0 Å². The average Bonchev–Trinajstić information content (AvgIpc) is 2.54. The van der Waals surface area contributed by atoms with E-state index in [1.54, 1.807) is 25.1 Å². The number of hydrogen-bond acceptors (Lipinski definition) is 5. The number of aromatic nitrogens is 2. The van der Waals surface area contributed by atoms with Crippen LogP contribution in [0, 0.1) is 6.92 Å². The van der Waals surface area contributed by atoms with Crippen molar-refractivity contribution < 1.29 is 14.6 Å². The molecule has 2 aromatic rings. The highest BCUT2D eigenvalue weighted by atomic mass is 35.5. The van der Waals surface area contributed by atoms with Gasteiger partial charge >= 0.3 is 0 Å². The zero-order valence-corrected chi connectivity index (χ0v) is 13.8. The lowest BCUT2D eigenvalue weighted by atomic mass is 10.3. The molecule has 0 aliphatic carbocycles. The quantitative estimate of drug-likeness (QED) is 0.830. The summed E-state index contributed by atoms with van der Waals surface area (Å²) in [7, 11) is 0. The first-order chi connectivity index (χ1) is 11.0. The smallest absolute Gasteiger partial charge is 0.271 e. The van der Waals surface area contributed by atoms with E-state index in [0.29, 0.717) is 16.5 Å². The predicted molar refractivity (Wildman–Crippen MR) is 87.1 cm³/mol. The van der Waals surface area contributed by atoms with Gasteiger partial charge in [0.05, 0.1) is 16.9 Å². The number of carbonyl (C=O) groups excluding carboxylic acids is 1. The molecular weight excluding hydrogens is 341 g/mol. The van der Waals surface area contributed by atoms with Crippen molar-refractivity contribution in [2.75, 3.05) is 13.2 Å². The number of aliphatic hydroxyl groups is 1. The van der Waals surface area contributed by atoms with Crippen molar-refractivity contribution in [3.8, 4) is 5.75 Å². The van der Waals surface area contributed by atoms with E-state index >= 15 is 0 Å². The molecule has 0 bridgehead atoms. The van der Waals surface area contributed by atoms with Crippen LogP contribution in [0.3, 0.4) is 0 Å². The number of aliphatic hydroxyl groups excluding tert-OH is 1. The molecule has 0 fully saturated rings. The van der Waals surface area contributed by atoms with E-state index < -0.39 is 12.0 Å². The Hall–Kier alpha value is -1.89. The predicted octanol–water partition coefficient (Wildman–Crippen LogP) is 2.26. The Kier molecular flexibility index (Phi) is 6.15. The standard InChI is InChI=1S/C15H15Cl2N3O3/c1-9-5-19-12(7-18-9)15(22)20-6-10(21)8-23-13-4-2-3-11(16)14(13)17/h2-5,7,10,21H,6,8H2,1H3,(H,20,22). The van der Waals surface area contributed by atoms with Crippen LogP contribution in [0.15, 0.2) is 30.6 Å². The van der Waals surface area contributed by atoms with E-state index in [0.717, 1.165) is 0 Å². The van der Waals surface area contributed by atoms with Crippen molar-refractivity contribution in [3.05, 3.63) is 52.0 Å². The van der Waals surface area contributed by atoms with Gasteiger partial charge in [-0.1, -0.05) is 29.3 Å². The fourth-order valence-electron chi connectivity index (χ4n) is 1.65. The number of aryl methyl sites for hydroxylation is 1. The zero-order valence-electron chi connectivity index (χ0n) is 12.3. The molecule has 1 amide bonds. The molecule has 1 unspecified atom stereocenters. The highest BCUT2D eigenvalue weighted by Crippen LogP contribution is 2.31. The molecule has 0 saturated heterocycles. The minimum Gasteiger partial charge on any atom is -0.489 e. The summed E-state index contributed by atoms with van der Waals surface area (Å²) >= 11 is 11.8. The Bertz CT molecular complexity index is 680. The van der Waals surface area contributed by atoms with E-state index in [2.05, 4.69) is 15.3 Å². The number of amides is 1. The summed E-state index contributed by atoms with van der Waals surface area (Å²) < 4.78 is 5.39. The van der Waals surface area contributed by atoms with Gasteiger partial charge in [0.25, 0.3) is 5.91 Å². The van der Waals surface area contributed by atoms with Crippen LogP contribution in [0.4, 0.5) is 0 Å². The first-order valence-electron chi connectivity index (χ1n) is 6.79. The maximum absolute atomic E-state index is 11.8. The van der Waals surface area contributed by atoms with Crippen molar-refractivity contribution in [1.82, 2.24) is 15.3 Å². The highest BCUT2D eigenvalue weighted by molar-refractivity contribution is 6.42. The lowest BCUT2D eigenvalue weighted by molar-refractivity contribution is 0.0839. The first-order valence-corrected chi connectivity index (χ1v) is 7.54. The second-order valence-corrected chi connectivity index (χ2v) is 5.55. The van der Waals surface area contributed by atoms with Crippen LogP contribution in [0.5, 0.6) is 5.75 Å². The molecule has 2 N–H and O–H groups in total. The zero-order chi connectivity index (χ0) is 16.8. The van der Waals surface area contributed by atoms with Gasteiger partial charge < -0.3 is 15.2 Å². The maximum atomic E-state index is 11.8. The van der Waals surface area contributed by atoms with Crippen LogP contribution in [-0.4, -0.2) is 40.2 Å². The summed E-state index contributed by atoms with van der Waals surface area (Å²) in [5.41, 5.74) is 0.898. The molecule has 23 heavy (non-hydrogen) atoms. The number of nitrogens with one attached hydrogen (secondary N) is 1. The Morgan fingerprint density at radius 3 is 2.83 bits per heavy atom. The maximum Gasteiger partial charge on any atom is 0.271 e. The van der Waals surface area contributed by atoms with Gasteiger partial charge in [0, 0.05) is 12.7 Å². The van der Waals surface area contributed by atoms with E-state index in [4.69, 9.17) is 27.9 Å². The summed E-state index contributed by atoms with van der Waals surface area (Å²) in [6.07, 6.45) is 1.96. The molecule has 0 aliphatic heterocycles. The number of rotatable bonds is 6. The van der Waals surface area contributed by atoms with Gasteiger partial charge in [-0.25, -0.2) is 4.98 Å². The van der Waals surface area contributed by atoms with Crippen LogP contribution in [0.2, 0.25) is 10.0 Å². The minimum atomic E-state index is -0.910. The number of halogens is 2. The third-order valence-corrected chi connectivity index (χ3v) is 3.66. The van der Waals surface area contributed by atoms with E-state index in [1.807, 2.05) is 0 Å². The fraction of sp³-hybridized carbons (Fsp3) is 0.267. The molecule has 1 aromatic carbocycles.